The van der Waals surface area contributed by atoms with Crippen molar-refractivity contribution in [2.45, 2.75) is 30.2 Å². The summed E-state index contributed by atoms with van der Waals surface area (Å²) in [7, 11) is -0.811. The van der Waals surface area contributed by atoms with Crippen LogP contribution in [0.3, 0.4) is 0 Å². The van der Waals surface area contributed by atoms with Crippen LogP contribution in [0.25, 0.3) is 0 Å². The predicted molar refractivity (Wildman–Crippen MR) is 93.4 cm³/mol. The van der Waals surface area contributed by atoms with Crippen molar-refractivity contribution >= 4 is 15.9 Å². The number of ether oxygens (including phenoxy) is 2. The zero-order valence-electron chi connectivity index (χ0n) is 14.5. The van der Waals surface area contributed by atoms with Crippen molar-refractivity contribution in [2.24, 2.45) is 0 Å². The third kappa shape index (κ3) is 5.58. The van der Waals surface area contributed by atoms with Crippen LogP contribution < -0.4 is 24.8 Å². The molecule has 0 aromatic heterocycles. The molecule has 1 aliphatic rings. The molecule has 1 saturated heterocycles. The van der Waals surface area contributed by atoms with Crippen LogP contribution in [0.15, 0.2) is 23.1 Å². The first-order valence-electron chi connectivity index (χ1n) is 8.18. The van der Waals surface area contributed by atoms with Gasteiger partial charge in [0.05, 0.1) is 19.1 Å². The van der Waals surface area contributed by atoms with E-state index in [0.29, 0.717) is 11.5 Å². The SMILES string of the molecule is COc1ccc(S(=O)(=O)NCCC(=O)NC2CCCNC2)cc1OC. The van der Waals surface area contributed by atoms with Gasteiger partial charge in [0.2, 0.25) is 15.9 Å². The van der Waals surface area contributed by atoms with E-state index < -0.39 is 10.0 Å². The summed E-state index contributed by atoms with van der Waals surface area (Å²) in [6.45, 7) is 1.75. The van der Waals surface area contributed by atoms with Crippen LogP contribution in [0.5, 0.6) is 11.5 Å². The number of carbonyl (C=O) groups excluding carboxylic acids is 1. The lowest BCUT2D eigenvalue weighted by atomic mass is 10.1. The highest BCUT2D eigenvalue weighted by Gasteiger charge is 2.18. The fourth-order valence-corrected chi connectivity index (χ4v) is 3.69. The number of nitrogens with one attached hydrogen (secondary N) is 3. The predicted octanol–water partition coefficient (Wildman–Crippen LogP) is 0.240. The fourth-order valence-electron chi connectivity index (χ4n) is 2.64. The smallest absolute Gasteiger partial charge is 0.240 e. The van der Waals surface area contributed by atoms with Crippen molar-refractivity contribution in [2.75, 3.05) is 33.9 Å². The highest BCUT2D eigenvalue weighted by molar-refractivity contribution is 7.89. The van der Waals surface area contributed by atoms with Crippen molar-refractivity contribution in [3.63, 3.8) is 0 Å². The lowest BCUT2D eigenvalue weighted by Gasteiger charge is -2.23. The number of amides is 1. The summed E-state index contributed by atoms with van der Waals surface area (Å²) < 4.78 is 37.3. The summed E-state index contributed by atoms with van der Waals surface area (Å²) in [6, 6.07) is 4.45. The molecule has 1 heterocycles. The molecule has 0 bridgehead atoms. The van der Waals surface area contributed by atoms with E-state index in [9.17, 15) is 13.2 Å². The average Bonchev–Trinajstić information content (AvgIpc) is 2.61. The summed E-state index contributed by atoms with van der Waals surface area (Å²) in [6.07, 6.45) is 2.05. The molecule has 140 valence electrons. The second-order valence-corrected chi connectivity index (χ2v) is 7.54. The molecule has 1 amide bonds. The zero-order chi connectivity index (χ0) is 18.3. The Hall–Kier alpha value is -1.84. The van der Waals surface area contributed by atoms with Gasteiger partial charge < -0.3 is 20.1 Å². The minimum Gasteiger partial charge on any atom is -0.493 e. The monoisotopic (exact) mass is 371 g/mol. The molecule has 1 aromatic carbocycles. The Balaban J connectivity index is 1.87. The first-order valence-corrected chi connectivity index (χ1v) is 9.66. The fraction of sp³-hybridized carbons (Fsp3) is 0.562. The van der Waals surface area contributed by atoms with Crippen molar-refractivity contribution < 1.29 is 22.7 Å². The molecule has 2 rings (SSSR count). The van der Waals surface area contributed by atoms with Gasteiger partial charge in [0.25, 0.3) is 0 Å². The Morgan fingerprint density at radius 1 is 1.28 bits per heavy atom. The van der Waals surface area contributed by atoms with Gasteiger partial charge in [0, 0.05) is 31.6 Å². The second-order valence-electron chi connectivity index (χ2n) is 5.78. The van der Waals surface area contributed by atoms with Crippen molar-refractivity contribution in [1.82, 2.24) is 15.4 Å². The maximum atomic E-state index is 12.3. The van der Waals surface area contributed by atoms with Crippen LogP contribution in [-0.2, 0) is 14.8 Å². The van der Waals surface area contributed by atoms with Crippen LogP contribution in [-0.4, -0.2) is 54.2 Å². The third-order valence-corrected chi connectivity index (χ3v) is 5.43. The maximum absolute atomic E-state index is 12.3. The van der Waals surface area contributed by atoms with E-state index in [0.717, 1.165) is 25.9 Å². The van der Waals surface area contributed by atoms with Gasteiger partial charge in [-0.15, -0.1) is 0 Å². The minimum absolute atomic E-state index is 0.0304. The molecule has 0 radical (unpaired) electrons. The molecule has 1 fully saturated rings. The summed E-state index contributed by atoms with van der Waals surface area (Å²) in [4.78, 5) is 12.0. The number of benzene rings is 1. The highest BCUT2D eigenvalue weighted by atomic mass is 32.2. The molecule has 1 aromatic rings. The van der Waals surface area contributed by atoms with E-state index in [4.69, 9.17) is 9.47 Å². The lowest BCUT2D eigenvalue weighted by Crippen LogP contribution is -2.46. The lowest BCUT2D eigenvalue weighted by molar-refractivity contribution is -0.121. The van der Waals surface area contributed by atoms with Crippen LogP contribution in [0, 0.1) is 0 Å². The molecule has 0 saturated carbocycles. The molecule has 8 nitrogen and oxygen atoms in total. The Morgan fingerprint density at radius 3 is 2.68 bits per heavy atom. The van der Waals surface area contributed by atoms with Crippen LogP contribution in [0.4, 0.5) is 0 Å². The molecule has 1 unspecified atom stereocenters. The number of methoxy groups -OCH3 is 2. The summed E-state index contributed by atoms with van der Waals surface area (Å²) in [5.74, 6) is 0.610. The summed E-state index contributed by atoms with van der Waals surface area (Å²) >= 11 is 0. The van der Waals surface area contributed by atoms with Gasteiger partial charge >= 0.3 is 0 Å². The quantitative estimate of drug-likeness (QED) is 0.605. The van der Waals surface area contributed by atoms with Gasteiger partial charge in [0.1, 0.15) is 0 Å². The first kappa shape index (κ1) is 19.5. The molecular weight excluding hydrogens is 346 g/mol. The van der Waals surface area contributed by atoms with E-state index in [1.807, 2.05) is 0 Å². The van der Waals surface area contributed by atoms with Crippen LogP contribution in [0.1, 0.15) is 19.3 Å². The number of carbonyl (C=O) groups is 1. The molecular formula is C16H25N3O5S. The summed E-state index contributed by atoms with van der Waals surface area (Å²) in [5.41, 5.74) is 0. The van der Waals surface area contributed by atoms with Crippen molar-refractivity contribution in [3.05, 3.63) is 18.2 Å². The van der Waals surface area contributed by atoms with E-state index in [-0.39, 0.29) is 29.8 Å². The Kier molecular flexibility index (Phi) is 7.03. The molecule has 9 heteroatoms. The second kappa shape index (κ2) is 9.02. The van der Waals surface area contributed by atoms with Crippen LogP contribution >= 0.6 is 0 Å². The molecule has 0 spiro atoms. The number of hydrogen-bond donors (Lipinski definition) is 3. The van der Waals surface area contributed by atoms with Gasteiger partial charge in [-0.1, -0.05) is 0 Å². The largest absolute Gasteiger partial charge is 0.493 e. The average molecular weight is 371 g/mol. The van der Waals surface area contributed by atoms with Gasteiger partial charge in [-0.05, 0) is 31.5 Å². The number of piperidine rings is 1. The number of hydrogen-bond acceptors (Lipinski definition) is 6. The molecule has 1 aliphatic heterocycles. The first-order chi connectivity index (χ1) is 12.0. The zero-order valence-corrected chi connectivity index (χ0v) is 15.3. The molecule has 1 atom stereocenters. The third-order valence-electron chi connectivity index (χ3n) is 3.97. The van der Waals surface area contributed by atoms with Crippen molar-refractivity contribution in [3.8, 4) is 11.5 Å². The minimum atomic E-state index is -3.72. The Morgan fingerprint density at radius 2 is 2.04 bits per heavy atom. The van der Waals surface area contributed by atoms with Gasteiger partial charge in [-0.3, -0.25) is 4.79 Å². The summed E-state index contributed by atoms with van der Waals surface area (Å²) in [5, 5.41) is 6.12. The normalized spacial score (nSPS) is 17.8. The van der Waals surface area contributed by atoms with Gasteiger partial charge in [-0.25, -0.2) is 13.1 Å². The standard InChI is InChI=1S/C16H25N3O5S/c1-23-14-6-5-13(10-15(14)24-2)25(21,22)18-9-7-16(20)19-12-4-3-8-17-11-12/h5-6,10,12,17-18H,3-4,7-9,11H2,1-2H3,(H,19,20). The topological polar surface area (TPSA) is 106 Å². The van der Waals surface area contributed by atoms with Crippen LogP contribution in [0.2, 0.25) is 0 Å². The van der Waals surface area contributed by atoms with E-state index in [1.165, 1.54) is 32.4 Å². The number of sulfonamides is 1. The van der Waals surface area contributed by atoms with E-state index in [1.54, 1.807) is 0 Å². The maximum Gasteiger partial charge on any atom is 0.240 e. The number of rotatable bonds is 8. The molecule has 25 heavy (non-hydrogen) atoms. The Labute approximate surface area is 148 Å². The van der Waals surface area contributed by atoms with E-state index in [2.05, 4.69) is 15.4 Å². The van der Waals surface area contributed by atoms with Crippen molar-refractivity contribution in [1.29, 1.82) is 0 Å². The Bertz CT molecular complexity index is 687. The van der Waals surface area contributed by atoms with E-state index >= 15 is 0 Å². The van der Waals surface area contributed by atoms with Gasteiger partial charge in [-0.2, -0.15) is 0 Å². The molecule has 3 N–H and O–H groups in total. The molecule has 0 aliphatic carbocycles. The van der Waals surface area contributed by atoms with Gasteiger partial charge in [0.15, 0.2) is 11.5 Å². The highest BCUT2D eigenvalue weighted by Crippen LogP contribution is 2.29.